The van der Waals surface area contributed by atoms with Crippen molar-refractivity contribution in [3.05, 3.63) is 53.1 Å². The van der Waals surface area contributed by atoms with Gasteiger partial charge in [0.2, 0.25) is 22.9 Å². The number of aryl methyl sites for hydroxylation is 1. The lowest BCUT2D eigenvalue weighted by atomic mass is 9.85. The monoisotopic (exact) mass is 436 g/mol. The number of rotatable bonds is 7. The molecule has 0 radical (unpaired) electrons. The van der Waals surface area contributed by atoms with E-state index in [-0.39, 0.29) is 41.9 Å². The summed E-state index contributed by atoms with van der Waals surface area (Å²) in [5.41, 5.74) is 0.894. The van der Waals surface area contributed by atoms with Crippen LogP contribution < -0.4 is 5.32 Å². The van der Waals surface area contributed by atoms with Gasteiger partial charge in [-0.25, -0.2) is 0 Å². The number of aromatic nitrogens is 2. The first-order valence-electron chi connectivity index (χ1n) is 10.8. The van der Waals surface area contributed by atoms with Crippen molar-refractivity contribution in [3.8, 4) is 0 Å². The van der Waals surface area contributed by atoms with Gasteiger partial charge >= 0.3 is 0 Å². The number of benzene rings is 1. The summed E-state index contributed by atoms with van der Waals surface area (Å²) in [4.78, 5) is 41.2. The Morgan fingerprint density at radius 2 is 1.81 bits per heavy atom. The third kappa shape index (κ3) is 3.48. The molecule has 2 aliphatic carbocycles. The first-order chi connectivity index (χ1) is 15.1. The number of hydrogen-bond donors (Lipinski definition) is 1. The minimum absolute atomic E-state index is 0.108. The lowest BCUT2D eigenvalue weighted by Crippen LogP contribution is -2.49. The lowest BCUT2D eigenvalue weighted by molar-refractivity contribution is -0.147. The highest BCUT2D eigenvalue weighted by molar-refractivity contribution is 7.15. The van der Waals surface area contributed by atoms with Gasteiger partial charge in [-0.15, -0.1) is 10.2 Å². The Kier molecular flexibility index (Phi) is 5.17. The van der Waals surface area contributed by atoms with E-state index in [0.29, 0.717) is 5.13 Å². The highest BCUT2D eigenvalue weighted by atomic mass is 32.1. The van der Waals surface area contributed by atoms with Gasteiger partial charge in [-0.3, -0.25) is 24.6 Å². The molecule has 31 heavy (non-hydrogen) atoms. The molecule has 2 bridgehead atoms. The Labute approximate surface area is 184 Å². The average Bonchev–Trinajstić information content (AvgIpc) is 3.53. The normalized spacial score (nSPS) is 27.1. The number of fused-ring (bicyclic) bond motifs is 5. The minimum Gasteiger partial charge on any atom is -0.299 e. The molecule has 2 fully saturated rings. The molecule has 3 aliphatic rings. The van der Waals surface area contributed by atoms with Crippen molar-refractivity contribution in [2.24, 2.45) is 23.7 Å². The number of imide groups is 1. The molecule has 1 aliphatic heterocycles. The van der Waals surface area contributed by atoms with E-state index in [0.717, 1.165) is 29.8 Å². The van der Waals surface area contributed by atoms with Crippen LogP contribution in [0.1, 0.15) is 30.3 Å². The van der Waals surface area contributed by atoms with E-state index in [9.17, 15) is 14.4 Å². The van der Waals surface area contributed by atoms with Crippen LogP contribution in [0, 0.1) is 23.7 Å². The van der Waals surface area contributed by atoms with Crippen LogP contribution in [-0.4, -0.2) is 38.9 Å². The van der Waals surface area contributed by atoms with E-state index in [1.54, 1.807) is 0 Å². The molecule has 2 aromatic rings. The maximum Gasteiger partial charge on any atom is 0.249 e. The van der Waals surface area contributed by atoms with Crippen molar-refractivity contribution in [1.29, 1.82) is 0 Å². The van der Waals surface area contributed by atoms with Crippen molar-refractivity contribution in [3.63, 3.8) is 0 Å². The standard InChI is InChI=1S/C23H24N4O3S/c1-2-6-17-25-26-23(31-17)24-20(28)16(11-13-7-4-3-5-8-13)27-21(29)18-14-9-10-15(12-14)19(18)22(27)30/h3-5,7-10,14-16,18-19H,2,6,11-12H2,1H3,(H,24,26,28). The second kappa shape index (κ2) is 8.00. The summed E-state index contributed by atoms with van der Waals surface area (Å²) in [6, 6.07) is 8.57. The topological polar surface area (TPSA) is 92.3 Å². The molecule has 0 spiro atoms. The molecule has 5 rings (SSSR count). The molecular formula is C23H24N4O3S. The zero-order chi connectivity index (χ0) is 21.5. The Hall–Kier alpha value is -2.87. The maximum absolute atomic E-state index is 13.3. The first kappa shape index (κ1) is 20.1. The van der Waals surface area contributed by atoms with Crippen molar-refractivity contribution in [1.82, 2.24) is 15.1 Å². The van der Waals surface area contributed by atoms with Gasteiger partial charge in [0.25, 0.3) is 0 Å². The van der Waals surface area contributed by atoms with Crippen LogP contribution in [0.4, 0.5) is 5.13 Å². The minimum atomic E-state index is -0.911. The number of carbonyl (C=O) groups is 3. The number of likely N-dealkylation sites (tertiary alicyclic amines) is 1. The van der Waals surface area contributed by atoms with E-state index in [2.05, 4.69) is 34.6 Å². The van der Waals surface area contributed by atoms with Crippen molar-refractivity contribution >= 4 is 34.2 Å². The number of hydrogen-bond acceptors (Lipinski definition) is 6. The van der Waals surface area contributed by atoms with Crippen LogP contribution in [0.2, 0.25) is 0 Å². The fraction of sp³-hybridized carbons (Fsp3) is 0.435. The van der Waals surface area contributed by atoms with Gasteiger partial charge in [-0.2, -0.15) is 0 Å². The molecule has 5 unspecified atom stereocenters. The number of allylic oxidation sites excluding steroid dienone is 2. The average molecular weight is 437 g/mol. The molecule has 1 aromatic carbocycles. The molecule has 3 amide bonds. The van der Waals surface area contributed by atoms with E-state index in [1.165, 1.54) is 16.2 Å². The van der Waals surface area contributed by atoms with Gasteiger partial charge in [0.15, 0.2) is 0 Å². The number of nitrogens with one attached hydrogen (secondary N) is 1. The number of nitrogens with zero attached hydrogens (tertiary/aromatic N) is 3. The smallest absolute Gasteiger partial charge is 0.249 e. The molecule has 8 heteroatoms. The molecule has 7 nitrogen and oxygen atoms in total. The highest BCUT2D eigenvalue weighted by Crippen LogP contribution is 2.53. The van der Waals surface area contributed by atoms with Gasteiger partial charge in [0, 0.05) is 12.8 Å². The van der Waals surface area contributed by atoms with Crippen LogP contribution in [0.3, 0.4) is 0 Å². The molecular weight excluding hydrogens is 412 g/mol. The summed E-state index contributed by atoms with van der Waals surface area (Å²) in [7, 11) is 0. The van der Waals surface area contributed by atoms with Gasteiger partial charge in [-0.05, 0) is 30.2 Å². The van der Waals surface area contributed by atoms with Crippen LogP contribution in [0.25, 0.3) is 0 Å². The van der Waals surface area contributed by atoms with Gasteiger partial charge in [-0.1, -0.05) is 60.7 Å². The Morgan fingerprint density at radius 1 is 1.13 bits per heavy atom. The van der Waals surface area contributed by atoms with Crippen LogP contribution >= 0.6 is 11.3 Å². The predicted molar refractivity (Wildman–Crippen MR) is 116 cm³/mol. The summed E-state index contributed by atoms with van der Waals surface area (Å²) in [5, 5.41) is 12.2. The summed E-state index contributed by atoms with van der Waals surface area (Å²) in [5.74, 6) is -1.27. The molecule has 1 saturated carbocycles. The summed E-state index contributed by atoms with van der Waals surface area (Å²) < 4.78 is 0. The molecule has 5 atom stereocenters. The van der Waals surface area contributed by atoms with Gasteiger partial charge < -0.3 is 0 Å². The quantitative estimate of drug-likeness (QED) is 0.532. The van der Waals surface area contributed by atoms with Crippen molar-refractivity contribution in [2.75, 3.05) is 5.32 Å². The zero-order valence-corrected chi connectivity index (χ0v) is 18.0. The molecule has 1 N–H and O–H groups in total. The fourth-order valence-electron chi connectivity index (χ4n) is 5.18. The largest absolute Gasteiger partial charge is 0.299 e. The molecule has 1 saturated heterocycles. The summed E-state index contributed by atoms with van der Waals surface area (Å²) >= 11 is 1.33. The predicted octanol–water partition coefficient (Wildman–Crippen LogP) is 2.85. The Morgan fingerprint density at radius 3 is 2.45 bits per heavy atom. The third-order valence-corrected chi connectivity index (χ3v) is 7.45. The Balaban J connectivity index is 1.42. The molecule has 1 aromatic heterocycles. The van der Waals surface area contributed by atoms with E-state index in [4.69, 9.17) is 0 Å². The van der Waals surface area contributed by atoms with Gasteiger partial charge in [0.05, 0.1) is 11.8 Å². The van der Waals surface area contributed by atoms with Gasteiger partial charge in [0.1, 0.15) is 11.0 Å². The third-order valence-electron chi connectivity index (χ3n) is 6.55. The maximum atomic E-state index is 13.3. The second-order valence-electron chi connectivity index (χ2n) is 8.49. The zero-order valence-electron chi connectivity index (χ0n) is 17.2. The lowest BCUT2D eigenvalue weighted by Gasteiger charge is -2.26. The van der Waals surface area contributed by atoms with Crippen LogP contribution in [0.15, 0.2) is 42.5 Å². The SMILES string of the molecule is CCCc1nnc(NC(=O)C(Cc2ccccc2)N2C(=O)C3C4C=CC(C4)C3C2=O)s1. The van der Waals surface area contributed by atoms with E-state index in [1.807, 2.05) is 30.3 Å². The van der Waals surface area contributed by atoms with Crippen LogP contribution in [-0.2, 0) is 27.2 Å². The Bertz CT molecular complexity index is 1020. The van der Waals surface area contributed by atoms with E-state index >= 15 is 0 Å². The molecule has 160 valence electrons. The number of amides is 3. The summed E-state index contributed by atoms with van der Waals surface area (Å²) in [6.07, 6.45) is 6.99. The highest BCUT2D eigenvalue weighted by Gasteiger charge is 2.61. The fourth-order valence-corrected chi connectivity index (χ4v) is 6.02. The number of anilines is 1. The first-order valence-corrected chi connectivity index (χ1v) is 11.6. The molecule has 2 heterocycles. The second-order valence-corrected chi connectivity index (χ2v) is 9.55. The van der Waals surface area contributed by atoms with Crippen molar-refractivity contribution < 1.29 is 14.4 Å². The van der Waals surface area contributed by atoms with E-state index < -0.39 is 11.9 Å². The summed E-state index contributed by atoms with van der Waals surface area (Å²) in [6.45, 7) is 2.05. The van der Waals surface area contributed by atoms with Crippen LogP contribution in [0.5, 0.6) is 0 Å². The van der Waals surface area contributed by atoms with Crippen molar-refractivity contribution in [2.45, 2.75) is 38.6 Å². The number of carbonyl (C=O) groups excluding carboxylic acids is 3.